The van der Waals surface area contributed by atoms with E-state index in [4.69, 9.17) is 0 Å². The summed E-state index contributed by atoms with van der Waals surface area (Å²) < 4.78 is 1.43. The predicted molar refractivity (Wildman–Crippen MR) is 283 cm³/mol. The van der Waals surface area contributed by atoms with Gasteiger partial charge in [-0.15, -0.1) is 11.3 Å². The van der Waals surface area contributed by atoms with Crippen molar-refractivity contribution in [1.82, 2.24) is 0 Å². The molecule has 0 amide bonds. The molecular formula is C61H71BN2S. The maximum Gasteiger partial charge on any atom is 0.254 e. The number of fused-ring (bicyclic) bond motifs is 11. The Morgan fingerprint density at radius 1 is 0.508 bits per heavy atom. The third-order valence-corrected chi connectivity index (χ3v) is 19.8. The highest BCUT2D eigenvalue weighted by atomic mass is 32.1. The van der Waals surface area contributed by atoms with Crippen molar-refractivity contribution in [3.05, 3.63) is 122 Å². The molecule has 0 saturated heterocycles. The van der Waals surface area contributed by atoms with Crippen LogP contribution in [0.4, 0.5) is 33.4 Å². The van der Waals surface area contributed by atoms with Crippen molar-refractivity contribution >= 4 is 78.0 Å². The Labute approximate surface area is 395 Å². The Kier molecular flexibility index (Phi) is 8.18. The molecule has 1 atom stereocenters. The largest absolute Gasteiger partial charge is 0.311 e. The van der Waals surface area contributed by atoms with Gasteiger partial charge in [-0.05, 0) is 199 Å². The minimum absolute atomic E-state index is 0.0173. The van der Waals surface area contributed by atoms with Crippen LogP contribution < -0.4 is 26.2 Å². The molecule has 12 rings (SSSR count). The van der Waals surface area contributed by atoms with E-state index in [0.717, 1.165) is 6.42 Å². The highest BCUT2D eigenvalue weighted by Crippen LogP contribution is 2.63. The zero-order chi connectivity index (χ0) is 46.1. The number of hydrogen-bond donors (Lipinski definition) is 0. The number of hydrogen-bond acceptors (Lipinski definition) is 3. The van der Waals surface area contributed by atoms with Crippen LogP contribution in [0, 0.1) is 13.8 Å². The zero-order valence-corrected chi connectivity index (χ0v) is 43.3. The number of thiophene rings is 1. The van der Waals surface area contributed by atoms with E-state index in [1.165, 1.54) is 114 Å². The van der Waals surface area contributed by atoms with Gasteiger partial charge in [0.25, 0.3) is 6.71 Å². The Morgan fingerprint density at radius 3 is 1.69 bits per heavy atom. The van der Waals surface area contributed by atoms with Crippen molar-refractivity contribution < 1.29 is 0 Å². The molecule has 0 radical (unpaired) electrons. The average Bonchev–Trinajstić information content (AvgIpc) is 3.60. The first kappa shape index (κ1) is 42.1. The van der Waals surface area contributed by atoms with Crippen molar-refractivity contribution in [2.45, 2.75) is 187 Å². The molecule has 1 aromatic heterocycles. The second-order valence-electron chi connectivity index (χ2n) is 26.4. The van der Waals surface area contributed by atoms with Gasteiger partial charge in [-0.1, -0.05) is 127 Å². The Bertz CT molecular complexity index is 3130. The molecule has 6 aromatic rings. The molecule has 65 heavy (non-hydrogen) atoms. The quantitative estimate of drug-likeness (QED) is 0.152. The van der Waals surface area contributed by atoms with Gasteiger partial charge in [-0.3, -0.25) is 0 Å². The number of aryl methyl sites for hydroxylation is 2. The predicted octanol–water partition coefficient (Wildman–Crippen LogP) is 15.3. The molecule has 0 N–H and O–H groups in total. The lowest BCUT2D eigenvalue weighted by molar-refractivity contribution is 0.327. The van der Waals surface area contributed by atoms with Crippen LogP contribution in [0.3, 0.4) is 0 Å². The molecule has 334 valence electrons. The lowest BCUT2D eigenvalue weighted by Gasteiger charge is -2.55. The summed E-state index contributed by atoms with van der Waals surface area (Å²) in [6, 6.07) is 28.4. The molecule has 4 heterocycles. The first-order valence-corrected chi connectivity index (χ1v) is 25.9. The zero-order valence-electron chi connectivity index (χ0n) is 42.5. The smallest absolute Gasteiger partial charge is 0.254 e. The van der Waals surface area contributed by atoms with Crippen LogP contribution in [0.15, 0.2) is 66.7 Å². The van der Waals surface area contributed by atoms with Gasteiger partial charge in [0.15, 0.2) is 0 Å². The molecule has 3 aliphatic heterocycles. The number of anilines is 6. The van der Waals surface area contributed by atoms with E-state index in [0.29, 0.717) is 0 Å². The summed E-state index contributed by atoms with van der Waals surface area (Å²) in [5.41, 5.74) is 26.8. The van der Waals surface area contributed by atoms with Crippen LogP contribution in [-0.2, 0) is 37.9 Å². The first-order valence-electron chi connectivity index (χ1n) is 25.1. The number of rotatable bonds is 1. The normalized spacial score (nSPS) is 23.0. The van der Waals surface area contributed by atoms with Crippen LogP contribution >= 0.6 is 11.3 Å². The molecule has 0 saturated carbocycles. The van der Waals surface area contributed by atoms with Gasteiger partial charge in [0.05, 0.1) is 16.4 Å². The maximum atomic E-state index is 2.83. The van der Waals surface area contributed by atoms with E-state index < -0.39 is 0 Å². The molecule has 1 unspecified atom stereocenters. The summed E-state index contributed by atoms with van der Waals surface area (Å²) in [5.74, 6) is 0. The summed E-state index contributed by atoms with van der Waals surface area (Å²) in [6.07, 6.45) is 7.19. The SMILES string of the molecule is Cc1cc2c3c(c1)N1c4cc5c(cc4C4(C)CCC(C)(C)c6ccc(c1c64)B3c1c(sc3cc4c(cc13)C(C)(C)CCC4(C)C)N2c1cc(C(C)(C)C)ccc1C)C(C)(C)CCC5(C)C. The van der Waals surface area contributed by atoms with Crippen molar-refractivity contribution in [2.24, 2.45) is 0 Å². The maximum absolute atomic E-state index is 2.83. The van der Waals surface area contributed by atoms with Crippen LogP contribution in [-0.4, -0.2) is 6.71 Å². The van der Waals surface area contributed by atoms with Gasteiger partial charge < -0.3 is 9.80 Å². The minimum atomic E-state index is -0.0989. The van der Waals surface area contributed by atoms with E-state index in [-0.39, 0.29) is 44.6 Å². The van der Waals surface area contributed by atoms with Crippen molar-refractivity contribution in [1.29, 1.82) is 0 Å². The molecule has 0 fully saturated rings. The highest BCUT2D eigenvalue weighted by Gasteiger charge is 2.55. The summed E-state index contributed by atoms with van der Waals surface area (Å²) in [7, 11) is 0. The highest BCUT2D eigenvalue weighted by molar-refractivity contribution is 7.26. The number of benzene rings is 5. The van der Waals surface area contributed by atoms with Crippen LogP contribution in [0.2, 0.25) is 0 Å². The molecule has 2 nitrogen and oxygen atoms in total. The third-order valence-electron chi connectivity index (χ3n) is 18.6. The van der Waals surface area contributed by atoms with E-state index >= 15 is 0 Å². The van der Waals surface area contributed by atoms with Crippen molar-refractivity contribution in [3.63, 3.8) is 0 Å². The Balaban J connectivity index is 1.25. The number of nitrogens with zero attached hydrogens (tertiary/aromatic N) is 2. The molecule has 0 bridgehead atoms. The van der Waals surface area contributed by atoms with E-state index in [2.05, 4.69) is 199 Å². The molecule has 0 spiro atoms. The third kappa shape index (κ3) is 5.47. The van der Waals surface area contributed by atoms with Gasteiger partial charge in [0.2, 0.25) is 0 Å². The van der Waals surface area contributed by atoms with Gasteiger partial charge in [0.1, 0.15) is 0 Å². The van der Waals surface area contributed by atoms with Crippen LogP contribution in [0.25, 0.3) is 10.1 Å². The second kappa shape index (κ2) is 12.6. The molecule has 4 heteroatoms. The summed E-state index contributed by atoms with van der Waals surface area (Å²) in [5, 5.41) is 2.86. The van der Waals surface area contributed by atoms with Gasteiger partial charge in [-0.25, -0.2) is 0 Å². The van der Waals surface area contributed by atoms with Crippen LogP contribution in [0.5, 0.6) is 0 Å². The van der Waals surface area contributed by atoms with E-state index in [1.807, 2.05) is 0 Å². The first-order chi connectivity index (χ1) is 30.3. The van der Waals surface area contributed by atoms with E-state index in [9.17, 15) is 0 Å². The second-order valence-corrected chi connectivity index (χ2v) is 27.4. The fourth-order valence-corrected chi connectivity index (χ4v) is 15.3. The Hall–Kier alpha value is -4.28. The molecular weight excluding hydrogens is 804 g/mol. The fourth-order valence-electron chi connectivity index (χ4n) is 14.0. The molecule has 6 aliphatic rings. The molecule has 5 aromatic carbocycles. The van der Waals surface area contributed by atoms with Gasteiger partial charge in [-0.2, -0.15) is 0 Å². The lowest BCUT2D eigenvalue weighted by Crippen LogP contribution is -2.62. The van der Waals surface area contributed by atoms with Gasteiger partial charge in [0, 0.05) is 27.2 Å². The summed E-state index contributed by atoms with van der Waals surface area (Å²) >= 11 is 2.05. The minimum Gasteiger partial charge on any atom is -0.311 e. The topological polar surface area (TPSA) is 6.48 Å². The standard InChI is InChI=1S/C61H71BN2S/c1-34-27-47-52-48(28-34)64(45-29-36(55(3,4)5)18-17-35(45)2)54-51(37-30-39-42(33-49(37)65-54)60(14,15)24-21-57(39,8)9)62(52)44-20-19-38-50-53(44)63(47)46-32-41-40(58(10,11)22-23-59(41,12)13)31-43(46)61(50,16)26-25-56(38,6)7/h17-20,27-33H,21-26H2,1-16H3. The monoisotopic (exact) mass is 875 g/mol. The molecule has 3 aliphatic carbocycles. The van der Waals surface area contributed by atoms with Gasteiger partial charge >= 0.3 is 0 Å². The average molecular weight is 875 g/mol. The van der Waals surface area contributed by atoms with Crippen LogP contribution in [0.1, 0.15) is 191 Å². The Morgan fingerprint density at radius 2 is 1.06 bits per heavy atom. The van der Waals surface area contributed by atoms with Crippen molar-refractivity contribution in [2.75, 3.05) is 9.80 Å². The van der Waals surface area contributed by atoms with Crippen molar-refractivity contribution in [3.8, 4) is 0 Å². The summed E-state index contributed by atoms with van der Waals surface area (Å²) in [6.45, 7) is 39.6. The lowest BCUT2D eigenvalue weighted by atomic mass is 9.32. The fraction of sp³-hybridized carbons (Fsp3) is 0.475. The summed E-state index contributed by atoms with van der Waals surface area (Å²) in [4.78, 5) is 5.57. The van der Waals surface area contributed by atoms with E-state index in [1.54, 1.807) is 33.4 Å².